The molecule has 0 saturated carbocycles. The Bertz CT molecular complexity index is 570. The van der Waals surface area contributed by atoms with Gasteiger partial charge >= 0.3 is 0 Å². The molecule has 18 heavy (non-hydrogen) atoms. The molecule has 0 radical (unpaired) electrons. The molecular formula is C15H17NO2. The number of benzene rings is 2. The number of carbonyl (C=O) groups excluding carboxylic acids is 1. The number of amides is 1. The van der Waals surface area contributed by atoms with Crippen LogP contribution in [0.15, 0.2) is 42.5 Å². The minimum absolute atomic E-state index is 0.164. The van der Waals surface area contributed by atoms with E-state index < -0.39 is 5.60 Å². The first kappa shape index (κ1) is 12.6. The van der Waals surface area contributed by atoms with Crippen molar-refractivity contribution in [3.63, 3.8) is 0 Å². The van der Waals surface area contributed by atoms with Crippen LogP contribution in [-0.4, -0.2) is 23.2 Å². The lowest BCUT2D eigenvalue weighted by Gasteiger charge is -2.17. The van der Waals surface area contributed by atoms with Gasteiger partial charge in [0.25, 0.3) is 5.91 Å². The maximum atomic E-state index is 11.9. The molecule has 0 heterocycles. The minimum Gasteiger partial charge on any atom is -0.389 e. The predicted octanol–water partition coefficient (Wildman–Crippen LogP) is 2.34. The van der Waals surface area contributed by atoms with E-state index in [0.29, 0.717) is 5.56 Å². The highest BCUT2D eigenvalue weighted by molar-refractivity contribution is 5.98. The van der Waals surface area contributed by atoms with Crippen LogP contribution in [0.25, 0.3) is 10.8 Å². The number of fused-ring (bicyclic) bond motifs is 1. The van der Waals surface area contributed by atoms with E-state index in [2.05, 4.69) is 5.32 Å². The Morgan fingerprint density at radius 3 is 2.50 bits per heavy atom. The molecule has 3 heteroatoms. The second-order valence-electron chi connectivity index (χ2n) is 5.06. The van der Waals surface area contributed by atoms with Crippen molar-refractivity contribution in [1.29, 1.82) is 0 Å². The topological polar surface area (TPSA) is 49.3 Å². The zero-order valence-corrected chi connectivity index (χ0v) is 10.6. The number of rotatable bonds is 3. The smallest absolute Gasteiger partial charge is 0.251 e. The Hall–Kier alpha value is -1.87. The second-order valence-corrected chi connectivity index (χ2v) is 5.06. The van der Waals surface area contributed by atoms with Gasteiger partial charge in [0.05, 0.1) is 5.60 Å². The van der Waals surface area contributed by atoms with Gasteiger partial charge in [-0.05, 0) is 36.8 Å². The molecule has 0 aliphatic rings. The van der Waals surface area contributed by atoms with Crippen LogP contribution >= 0.6 is 0 Å². The third kappa shape index (κ3) is 3.08. The van der Waals surface area contributed by atoms with Gasteiger partial charge in [0.2, 0.25) is 0 Å². The van der Waals surface area contributed by atoms with Gasteiger partial charge in [-0.3, -0.25) is 4.79 Å². The van der Waals surface area contributed by atoms with E-state index in [1.54, 1.807) is 19.9 Å². The summed E-state index contributed by atoms with van der Waals surface area (Å²) in [5.74, 6) is -0.164. The van der Waals surface area contributed by atoms with E-state index in [1.807, 2.05) is 36.4 Å². The van der Waals surface area contributed by atoms with Crippen LogP contribution in [0.2, 0.25) is 0 Å². The second kappa shape index (κ2) is 4.78. The van der Waals surface area contributed by atoms with Crippen molar-refractivity contribution in [2.24, 2.45) is 0 Å². The van der Waals surface area contributed by atoms with Crippen LogP contribution in [0.5, 0.6) is 0 Å². The maximum Gasteiger partial charge on any atom is 0.251 e. The van der Waals surface area contributed by atoms with Gasteiger partial charge in [-0.25, -0.2) is 0 Å². The molecule has 0 fully saturated rings. The Morgan fingerprint density at radius 1 is 1.17 bits per heavy atom. The number of aliphatic hydroxyl groups is 1. The number of nitrogens with one attached hydrogen (secondary N) is 1. The number of carbonyl (C=O) groups is 1. The fourth-order valence-corrected chi connectivity index (χ4v) is 1.73. The third-order valence-electron chi connectivity index (χ3n) is 2.69. The van der Waals surface area contributed by atoms with Crippen molar-refractivity contribution in [3.05, 3.63) is 48.0 Å². The molecule has 1 amide bonds. The quantitative estimate of drug-likeness (QED) is 0.869. The van der Waals surface area contributed by atoms with Gasteiger partial charge in [-0.2, -0.15) is 0 Å². The lowest BCUT2D eigenvalue weighted by atomic mass is 10.1. The summed E-state index contributed by atoms with van der Waals surface area (Å²) in [5.41, 5.74) is -0.287. The van der Waals surface area contributed by atoms with Crippen LogP contribution in [-0.2, 0) is 0 Å². The average molecular weight is 243 g/mol. The van der Waals surface area contributed by atoms with Gasteiger partial charge in [0, 0.05) is 12.1 Å². The summed E-state index contributed by atoms with van der Waals surface area (Å²) in [5, 5.41) is 14.4. The van der Waals surface area contributed by atoms with E-state index in [4.69, 9.17) is 0 Å². The third-order valence-corrected chi connectivity index (χ3v) is 2.69. The molecule has 0 unspecified atom stereocenters. The molecule has 2 aromatic carbocycles. The van der Waals surface area contributed by atoms with E-state index in [9.17, 15) is 9.90 Å². The SMILES string of the molecule is CC(C)(O)CNC(=O)c1ccc2ccccc2c1. The van der Waals surface area contributed by atoms with Crippen LogP contribution in [0.4, 0.5) is 0 Å². The van der Waals surface area contributed by atoms with Gasteiger partial charge in [-0.1, -0.05) is 30.3 Å². The van der Waals surface area contributed by atoms with Crippen LogP contribution in [0, 0.1) is 0 Å². The Labute approximate surface area is 106 Å². The summed E-state index contributed by atoms with van der Waals surface area (Å²) in [6.45, 7) is 3.56. The summed E-state index contributed by atoms with van der Waals surface area (Å²) in [7, 11) is 0. The van der Waals surface area contributed by atoms with Crippen LogP contribution in [0.3, 0.4) is 0 Å². The van der Waals surface area contributed by atoms with Crippen LogP contribution < -0.4 is 5.32 Å². The first-order valence-corrected chi connectivity index (χ1v) is 5.95. The van der Waals surface area contributed by atoms with Gasteiger partial charge in [0.15, 0.2) is 0 Å². The van der Waals surface area contributed by atoms with Crippen molar-refractivity contribution < 1.29 is 9.90 Å². The first-order chi connectivity index (χ1) is 8.46. The van der Waals surface area contributed by atoms with Gasteiger partial charge in [0.1, 0.15) is 0 Å². The van der Waals surface area contributed by atoms with Gasteiger partial charge in [-0.15, -0.1) is 0 Å². The predicted molar refractivity (Wildman–Crippen MR) is 72.6 cm³/mol. The lowest BCUT2D eigenvalue weighted by molar-refractivity contribution is 0.0694. The highest BCUT2D eigenvalue weighted by atomic mass is 16.3. The number of hydrogen-bond acceptors (Lipinski definition) is 2. The van der Waals surface area contributed by atoms with Crippen molar-refractivity contribution in [2.75, 3.05) is 6.54 Å². The average Bonchev–Trinajstić information content (AvgIpc) is 2.34. The molecule has 0 spiro atoms. The summed E-state index contributed by atoms with van der Waals surface area (Å²) < 4.78 is 0. The molecule has 0 aliphatic carbocycles. The van der Waals surface area contributed by atoms with Crippen molar-refractivity contribution >= 4 is 16.7 Å². The molecule has 2 N–H and O–H groups in total. The molecule has 3 nitrogen and oxygen atoms in total. The van der Waals surface area contributed by atoms with Crippen LogP contribution in [0.1, 0.15) is 24.2 Å². The standard InChI is InChI=1S/C15H17NO2/c1-15(2,18)10-16-14(17)13-8-7-11-5-3-4-6-12(11)9-13/h3-9,18H,10H2,1-2H3,(H,16,17). The highest BCUT2D eigenvalue weighted by Crippen LogP contribution is 2.15. The molecule has 0 aliphatic heterocycles. The lowest BCUT2D eigenvalue weighted by Crippen LogP contribution is -2.38. The van der Waals surface area contributed by atoms with Crippen molar-refractivity contribution in [2.45, 2.75) is 19.4 Å². The summed E-state index contributed by atoms with van der Waals surface area (Å²) in [6, 6.07) is 13.5. The molecule has 94 valence electrons. The van der Waals surface area contributed by atoms with E-state index >= 15 is 0 Å². The minimum atomic E-state index is -0.896. The Balaban J connectivity index is 2.18. The zero-order valence-electron chi connectivity index (χ0n) is 10.6. The highest BCUT2D eigenvalue weighted by Gasteiger charge is 2.14. The Morgan fingerprint density at radius 2 is 1.83 bits per heavy atom. The monoisotopic (exact) mass is 243 g/mol. The molecule has 0 bridgehead atoms. The zero-order chi connectivity index (χ0) is 13.2. The van der Waals surface area contributed by atoms with E-state index in [0.717, 1.165) is 10.8 Å². The molecule has 2 aromatic rings. The van der Waals surface area contributed by atoms with E-state index in [1.165, 1.54) is 0 Å². The van der Waals surface area contributed by atoms with Gasteiger partial charge < -0.3 is 10.4 Å². The fraction of sp³-hybridized carbons (Fsp3) is 0.267. The summed E-state index contributed by atoms with van der Waals surface area (Å²) >= 11 is 0. The normalized spacial score (nSPS) is 11.5. The summed E-state index contributed by atoms with van der Waals surface area (Å²) in [4.78, 5) is 11.9. The largest absolute Gasteiger partial charge is 0.389 e. The van der Waals surface area contributed by atoms with Crippen molar-refractivity contribution in [1.82, 2.24) is 5.32 Å². The molecule has 0 aromatic heterocycles. The molecular weight excluding hydrogens is 226 g/mol. The fourth-order valence-electron chi connectivity index (χ4n) is 1.73. The molecule has 0 saturated heterocycles. The summed E-state index contributed by atoms with van der Waals surface area (Å²) in [6.07, 6.45) is 0. The number of hydrogen-bond donors (Lipinski definition) is 2. The first-order valence-electron chi connectivity index (χ1n) is 5.95. The molecule has 0 atom stereocenters. The maximum absolute atomic E-state index is 11.9. The Kier molecular flexibility index (Phi) is 3.34. The molecule has 2 rings (SSSR count). The van der Waals surface area contributed by atoms with Crippen molar-refractivity contribution in [3.8, 4) is 0 Å². The van der Waals surface area contributed by atoms with E-state index in [-0.39, 0.29) is 12.5 Å².